The van der Waals surface area contributed by atoms with Crippen molar-refractivity contribution in [3.05, 3.63) is 36.3 Å². The third kappa shape index (κ3) is 3.80. The van der Waals surface area contributed by atoms with E-state index in [9.17, 15) is 9.59 Å². The zero-order valence-electron chi connectivity index (χ0n) is 19.1. The van der Waals surface area contributed by atoms with Gasteiger partial charge in [0.15, 0.2) is 0 Å². The fourth-order valence-corrected chi connectivity index (χ4v) is 4.64. The van der Waals surface area contributed by atoms with E-state index in [1.807, 2.05) is 36.5 Å². The number of pyridine rings is 2. The summed E-state index contributed by atoms with van der Waals surface area (Å²) in [7, 11) is 1.86. The maximum absolute atomic E-state index is 13.1. The monoisotopic (exact) mass is 448 g/mol. The van der Waals surface area contributed by atoms with Gasteiger partial charge in [0.25, 0.3) is 0 Å². The van der Waals surface area contributed by atoms with Gasteiger partial charge >= 0.3 is 6.03 Å². The average Bonchev–Trinajstić information content (AvgIpc) is 3.24. The number of nitrogens with zero attached hydrogens (tertiary/aromatic N) is 6. The van der Waals surface area contributed by atoms with Gasteiger partial charge in [-0.05, 0) is 38.8 Å². The summed E-state index contributed by atoms with van der Waals surface area (Å²) >= 11 is 0. The first kappa shape index (κ1) is 21.3. The molecule has 5 heterocycles. The number of rotatable bonds is 3. The van der Waals surface area contributed by atoms with E-state index in [0.717, 1.165) is 28.0 Å². The first-order valence-corrected chi connectivity index (χ1v) is 11.2. The highest BCUT2D eigenvalue weighted by molar-refractivity contribution is 6.04. The van der Waals surface area contributed by atoms with Gasteiger partial charge in [0.05, 0.1) is 28.6 Å². The Labute approximate surface area is 191 Å². The zero-order valence-corrected chi connectivity index (χ0v) is 19.1. The summed E-state index contributed by atoms with van der Waals surface area (Å²) < 4.78 is 1.73. The van der Waals surface area contributed by atoms with Crippen LogP contribution >= 0.6 is 0 Å². The van der Waals surface area contributed by atoms with Gasteiger partial charge in [-0.3, -0.25) is 19.4 Å². The molecule has 1 fully saturated rings. The SMILES string of the molecule is Cn1cc(-c2ccc3ncc4c(c3n2)N(C2CCN(C(=O)C(C)(C)N)CC2)C(=O)NC4)cn1. The Kier molecular flexibility index (Phi) is 5.04. The molecule has 10 heteroatoms. The number of hydrogen-bond donors (Lipinski definition) is 2. The van der Waals surface area contributed by atoms with Crippen molar-refractivity contribution in [2.75, 3.05) is 18.0 Å². The Morgan fingerprint density at radius 3 is 2.64 bits per heavy atom. The van der Waals surface area contributed by atoms with Crippen molar-refractivity contribution in [3.8, 4) is 11.3 Å². The van der Waals surface area contributed by atoms with Gasteiger partial charge in [-0.1, -0.05) is 0 Å². The maximum atomic E-state index is 13.1. The number of piperidine rings is 1. The summed E-state index contributed by atoms with van der Waals surface area (Å²) in [5, 5.41) is 7.21. The van der Waals surface area contributed by atoms with Gasteiger partial charge in [-0.25, -0.2) is 9.78 Å². The molecule has 0 radical (unpaired) electrons. The molecule has 2 aliphatic heterocycles. The largest absolute Gasteiger partial charge is 0.341 e. The number of carbonyl (C=O) groups excluding carboxylic acids is 2. The van der Waals surface area contributed by atoms with Crippen molar-refractivity contribution >= 4 is 28.7 Å². The van der Waals surface area contributed by atoms with Crippen LogP contribution in [0.2, 0.25) is 0 Å². The molecule has 172 valence electrons. The van der Waals surface area contributed by atoms with E-state index in [1.165, 1.54) is 0 Å². The van der Waals surface area contributed by atoms with Crippen LogP contribution in [-0.2, 0) is 18.4 Å². The van der Waals surface area contributed by atoms with Gasteiger partial charge in [-0.2, -0.15) is 5.10 Å². The minimum absolute atomic E-state index is 0.0524. The second-order valence-corrected chi connectivity index (χ2v) is 9.37. The molecule has 3 amide bonds. The summed E-state index contributed by atoms with van der Waals surface area (Å²) in [6, 6.07) is 3.65. The number of urea groups is 1. The Hall–Kier alpha value is -3.53. The summed E-state index contributed by atoms with van der Waals surface area (Å²) in [4.78, 5) is 38.8. The Balaban J connectivity index is 1.51. The number of fused-ring (bicyclic) bond motifs is 3. The van der Waals surface area contributed by atoms with E-state index in [4.69, 9.17) is 10.7 Å². The van der Waals surface area contributed by atoms with Gasteiger partial charge in [0.2, 0.25) is 5.91 Å². The highest BCUT2D eigenvalue weighted by Gasteiger charge is 2.37. The number of nitrogens with one attached hydrogen (secondary N) is 1. The van der Waals surface area contributed by atoms with Crippen LogP contribution in [0.1, 0.15) is 32.3 Å². The lowest BCUT2D eigenvalue weighted by Gasteiger charge is -2.42. The van der Waals surface area contributed by atoms with Crippen LogP contribution in [0.25, 0.3) is 22.3 Å². The molecule has 3 aromatic heterocycles. The second kappa shape index (κ2) is 7.80. The lowest BCUT2D eigenvalue weighted by molar-refractivity contribution is -0.136. The Morgan fingerprint density at radius 2 is 1.97 bits per heavy atom. The Bertz CT molecular complexity index is 1240. The van der Waals surface area contributed by atoms with Crippen LogP contribution < -0.4 is 16.0 Å². The van der Waals surface area contributed by atoms with Crippen molar-refractivity contribution in [2.45, 2.75) is 44.8 Å². The smallest absolute Gasteiger partial charge is 0.322 e. The summed E-state index contributed by atoms with van der Waals surface area (Å²) in [6.07, 6.45) is 6.83. The molecule has 2 aliphatic rings. The molecule has 0 spiro atoms. The number of anilines is 1. The number of nitrogens with two attached hydrogens (primary N) is 1. The molecule has 3 aromatic rings. The molecule has 1 saturated heterocycles. The predicted molar refractivity (Wildman–Crippen MR) is 124 cm³/mol. The number of hydrogen-bond acceptors (Lipinski definition) is 6. The topological polar surface area (TPSA) is 122 Å². The molecule has 10 nitrogen and oxygen atoms in total. The summed E-state index contributed by atoms with van der Waals surface area (Å²) in [5.74, 6) is -0.0677. The molecule has 3 N–H and O–H groups in total. The van der Waals surface area contributed by atoms with Gasteiger partial charge in [0.1, 0.15) is 5.52 Å². The predicted octanol–water partition coefficient (Wildman–Crippen LogP) is 1.79. The molecule has 0 aliphatic carbocycles. The molecule has 0 aromatic carbocycles. The average molecular weight is 449 g/mol. The third-order valence-electron chi connectivity index (χ3n) is 6.32. The number of aryl methyl sites for hydroxylation is 1. The van der Waals surface area contributed by atoms with Crippen molar-refractivity contribution in [3.63, 3.8) is 0 Å². The van der Waals surface area contributed by atoms with Gasteiger partial charge < -0.3 is 16.0 Å². The van der Waals surface area contributed by atoms with Crippen LogP contribution in [0.3, 0.4) is 0 Å². The third-order valence-corrected chi connectivity index (χ3v) is 6.32. The normalized spacial score (nSPS) is 17.3. The van der Waals surface area contributed by atoms with E-state index in [2.05, 4.69) is 15.4 Å². The highest BCUT2D eigenvalue weighted by atomic mass is 16.2. The number of likely N-dealkylation sites (tertiary alicyclic amines) is 1. The van der Waals surface area contributed by atoms with Crippen LogP contribution in [0.4, 0.5) is 10.5 Å². The molecule has 0 saturated carbocycles. The fourth-order valence-electron chi connectivity index (χ4n) is 4.64. The molecule has 0 bridgehead atoms. The molecule has 5 rings (SSSR count). The van der Waals surface area contributed by atoms with Crippen LogP contribution in [0.5, 0.6) is 0 Å². The van der Waals surface area contributed by atoms with E-state index in [0.29, 0.717) is 38.0 Å². The zero-order chi connectivity index (χ0) is 23.3. The van der Waals surface area contributed by atoms with Crippen molar-refractivity contribution in [2.24, 2.45) is 12.8 Å². The molecule has 0 unspecified atom stereocenters. The van der Waals surface area contributed by atoms with Crippen LogP contribution in [-0.4, -0.2) is 61.3 Å². The first-order valence-electron chi connectivity index (χ1n) is 11.2. The lowest BCUT2D eigenvalue weighted by Crippen LogP contribution is -2.57. The summed E-state index contributed by atoms with van der Waals surface area (Å²) in [6.45, 7) is 4.97. The van der Waals surface area contributed by atoms with Crippen molar-refractivity contribution in [1.82, 2.24) is 30.0 Å². The summed E-state index contributed by atoms with van der Waals surface area (Å²) in [5.41, 5.74) is 9.96. The van der Waals surface area contributed by atoms with Crippen molar-refractivity contribution < 1.29 is 9.59 Å². The van der Waals surface area contributed by atoms with Gasteiger partial charge in [0, 0.05) is 56.2 Å². The molecular formula is C23H28N8O2. The quantitative estimate of drug-likeness (QED) is 0.630. The van der Waals surface area contributed by atoms with E-state index >= 15 is 0 Å². The second-order valence-electron chi connectivity index (χ2n) is 9.37. The lowest BCUT2D eigenvalue weighted by atomic mass is 9.97. The molecular weight excluding hydrogens is 420 g/mol. The number of aromatic nitrogens is 4. The fraction of sp³-hybridized carbons (Fsp3) is 0.435. The standard InChI is InChI=1S/C23H28N8O2/c1-23(2,24)21(32)30-8-6-16(7-9-30)31-20-14(11-26-22(31)33)10-25-18-5-4-17(28-19(18)20)15-12-27-29(3)13-15/h4-5,10,12-13,16H,6-9,11,24H2,1-3H3,(H,26,33). The first-order chi connectivity index (χ1) is 15.7. The number of carbonyl (C=O) groups is 2. The minimum Gasteiger partial charge on any atom is -0.341 e. The molecule has 33 heavy (non-hydrogen) atoms. The number of amides is 3. The van der Waals surface area contributed by atoms with Crippen LogP contribution in [0.15, 0.2) is 30.7 Å². The van der Waals surface area contributed by atoms with E-state index in [1.54, 1.807) is 29.6 Å². The maximum Gasteiger partial charge on any atom is 0.322 e. The van der Waals surface area contributed by atoms with Crippen molar-refractivity contribution in [1.29, 1.82) is 0 Å². The van der Waals surface area contributed by atoms with E-state index in [-0.39, 0.29) is 18.0 Å². The highest BCUT2D eigenvalue weighted by Crippen LogP contribution is 2.36. The Morgan fingerprint density at radius 1 is 1.21 bits per heavy atom. The van der Waals surface area contributed by atoms with Crippen LogP contribution in [0, 0.1) is 0 Å². The minimum atomic E-state index is -0.906. The van der Waals surface area contributed by atoms with E-state index < -0.39 is 5.54 Å². The molecule has 0 atom stereocenters. The van der Waals surface area contributed by atoms with Gasteiger partial charge in [-0.15, -0.1) is 0 Å².